The molecule has 0 atom stereocenters. The van der Waals surface area contributed by atoms with Crippen molar-refractivity contribution in [2.24, 2.45) is 0 Å². The van der Waals surface area contributed by atoms with Crippen LogP contribution in [0.1, 0.15) is 0 Å². The topological polar surface area (TPSA) is 194 Å². The highest BCUT2D eigenvalue weighted by atomic mass is 15.2. The Morgan fingerprint density at radius 2 is 0.352 bits per heavy atom. The number of benzene rings is 16. The Balaban J connectivity index is 0.0000000926. The summed E-state index contributed by atoms with van der Waals surface area (Å²) in [7, 11) is 0. The van der Waals surface area contributed by atoms with Gasteiger partial charge in [0.15, 0.2) is 0 Å². The number of rotatable bonds is 8. The van der Waals surface area contributed by atoms with Gasteiger partial charge in [-0.05, 0) is 133 Å². The normalized spacial score (nSPS) is 11.8. The zero-order valence-corrected chi connectivity index (χ0v) is 68.2. The molecule has 12 aromatic heterocycles. The second-order valence-electron chi connectivity index (χ2n) is 31.4. The molecule has 0 unspecified atom stereocenters. The fourth-order valence-corrected chi connectivity index (χ4v) is 19.6. The lowest BCUT2D eigenvalue weighted by molar-refractivity contribution is 0.939. The fraction of sp³-hybridized carbons (Fsp3) is 0. The van der Waals surface area contributed by atoms with Crippen molar-refractivity contribution in [1.29, 1.82) is 0 Å². The van der Waals surface area contributed by atoms with E-state index in [2.05, 4.69) is 448 Å². The van der Waals surface area contributed by atoms with Crippen LogP contribution in [0.2, 0.25) is 0 Å². The monoisotopic (exact) mass is 1640 g/mol. The van der Waals surface area contributed by atoms with Gasteiger partial charge in [-0.1, -0.05) is 231 Å². The Kier molecular flexibility index (Phi) is 17.0. The lowest BCUT2D eigenvalue weighted by atomic mass is 10.1. The predicted molar refractivity (Wildman–Crippen MR) is 514 cm³/mol. The molecule has 0 N–H and O–H groups in total. The van der Waals surface area contributed by atoms with Crippen molar-refractivity contribution in [1.82, 2.24) is 96.3 Å². The lowest BCUT2D eigenvalue weighted by Crippen LogP contribution is -2.01. The van der Waals surface area contributed by atoms with E-state index in [-0.39, 0.29) is 0 Å². The Labute approximate surface area is 727 Å². The average molecular weight is 1650 g/mol. The molecule has 0 aliphatic rings. The highest BCUT2D eigenvalue weighted by molar-refractivity contribution is 6.31. The molecule has 0 aliphatic carbocycles. The van der Waals surface area contributed by atoms with Gasteiger partial charge in [-0.25, -0.2) is 59.8 Å². The standard InChI is InChI=1S/4C27H17N5/c1-2-8-18(9-3-1)31-23-12-6-4-10-19(23)21-14-22-20-11-5-7-13-24(20)32(26(22)15-25(21)31)27-29-16-28-17-30-27;1-2-8-18(9-3-1)31-23-13-7-5-11-21(23)25-24(31)15-14-20-19-10-4-6-12-22(19)32(26(20)25)27-29-16-28-17-30-27;1-2-8-18(9-3-1)31-22-12-6-4-10-19(22)20-14-15-24-25(26(20)31)21-11-5-7-13-23(21)32(24)27-29-16-28-17-30-27;1-2-8-18(9-3-1)31-21-12-6-4-10-19(21)25-23(31)14-15-24-26(25)20-11-5-7-13-22(20)32(24)27-29-16-28-17-30-27/h4*1-17H. The summed E-state index contributed by atoms with van der Waals surface area (Å²) < 4.78 is 17.9. The molecular weight excluding hydrogens is 1580 g/mol. The van der Waals surface area contributed by atoms with Crippen LogP contribution in [0.15, 0.2) is 415 Å². The number of fused-ring (bicyclic) bond motifs is 27. The van der Waals surface area contributed by atoms with Crippen molar-refractivity contribution in [3.8, 4) is 46.5 Å². The van der Waals surface area contributed by atoms with Crippen LogP contribution >= 0.6 is 0 Å². The van der Waals surface area contributed by atoms with Crippen LogP contribution in [0.5, 0.6) is 0 Å². The maximum absolute atomic E-state index is 4.51. The molecule has 128 heavy (non-hydrogen) atoms. The van der Waals surface area contributed by atoms with Crippen molar-refractivity contribution in [3.05, 3.63) is 415 Å². The Hall–Kier alpha value is -18.0. The largest absolute Gasteiger partial charge is 0.309 e. The van der Waals surface area contributed by atoms with E-state index in [1.54, 1.807) is 50.6 Å². The van der Waals surface area contributed by atoms with E-state index in [4.69, 9.17) is 0 Å². The third kappa shape index (κ3) is 11.4. The number of aromatic nitrogens is 20. The third-order valence-corrected chi connectivity index (χ3v) is 24.7. The maximum Gasteiger partial charge on any atom is 0.237 e. The number of nitrogens with zero attached hydrogens (tertiary/aromatic N) is 20. The van der Waals surface area contributed by atoms with Gasteiger partial charge in [0.25, 0.3) is 0 Å². The molecule has 0 fully saturated rings. The number of hydrogen-bond acceptors (Lipinski definition) is 12. The summed E-state index contributed by atoms with van der Waals surface area (Å²) in [6, 6.07) is 128. The number of para-hydroxylation sites is 12. The first-order chi connectivity index (χ1) is 63.6. The summed E-state index contributed by atoms with van der Waals surface area (Å²) in [5.41, 5.74) is 22.7. The zero-order valence-electron chi connectivity index (χ0n) is 68.2. The van der Waals surface area contributed by atoms with Crippen LogP contribution in [-0.2, 0) is 0 Å². The SMILES string of the molecule is c1ccc(-n2c3ccccc3c3c2ccc2c4ccccc4n(-c4ncncn4)c23)cc1.c1ccc(-n2c3ccccc3c3c4c5ccccc5n(-c5ncncn5)c4ccc32)cc1.c1ccc(-n2c3ccccc3c3cc4c5ccccc5n(-c5ncncn5)c4cc32)cc1.c1ccc(-n2c3ccccc3c3ccc4c(c5ccccc5n4-c4ncncn4)c32)cc1. The van der Waals surface area contributed by atoms with Crippen LogP contribution < -0.4 is 0 Å². The van der Waals surface area contributed by atoms with E-state index in [9.17, 15) is 0 Å². The predicted octanol–water partition coefficient (Wildman–Crippen LogP) is 24.3. The first-order valence-electron chi connectivity index (χ1n) is 42.2. The van der Waals surface area contributed by atoms with Gasteiger partial charge >= 0.3 is 0 Å². The van der Waals surface area contributed by atoms with Crippen molar-refractivity contribution in [2.45, 2.75) is 0 Å². The van der Waals surface area contributed by atoms with Crippen LogP contribution in [0, 0.1) is 0 Å². The highest BCUT2D eigenvalue weighted by Crippen LogP contribution is 2.47. The summed E-state index contributed by atoms with van der Waals surface area (Å²) in [5.74, 6) is 2.48. The molecule has 16 aromatic carbocycles. The minimum Gasteiger partial charge on any atom is -0.309 e. The Morgan fingerprint density at radius 3 is 0.727 bits per heavy atom. The summed E-state index contributed by atoms with van der Waals surface area (Å²) in [5, 5.41) is 19.3. The van der Waals surface area contributed by atoms with Crippen molar-refractivity contribution >= 4 is 174 Å². The molecule has 20 nitrogen and oxygen atoms in total. The Bertz CT molecular complexity index is 8540. The van der Waals surface area contributed by atoms with Gasteiger partial charge in [-0.15, -0.1) is 0 Å². The quantitative estimate of drug-likeness (QED) is 0.140. The smallest absolute Gasteiger partial charge is 0.237 e. The highest BCUT2D eigenvalue weighted by Gasteiger charge is 2.27. The second kappa shape index (κ2) is 29.9. The Morgan fingerprint density at radius 1 is 0.133 bits per heavy atom. The van der Waals surface area contributed by atoms with Gasteiger partial charge in [0.2, 0.25) is 23.8 Å². The molecule has 0 spiro atoms. The number of hydrogen-bond donors (Lipinski definition) is 0. The molecule has 0 saturated heterocycles. The van der Waals surface area contributed by atoms with Crippen LogP contribution in [-0.4, -0.2) is 96.3 Å². The summed E-state index contributed by atoms with van der Waals surface area (Å²) in [6.45, 7) is 0. The van der Waals surface area contributed by atoms with E-state index in [1.165, 1.54) is 119 Å². The molecule has 20 heteroatoms. The summed E-state index contributed by atoms with van der Waals surface area (Å²) in [4.78, 5) is 51.8. The van der Waals surface area contributed by atoms with E-state index < -0.39 is 0 Å². The zero-order chi connectivity index (χ0) is 84.3. The molecular formula is C108H68N20. The molecule has 0 aliphatic heterocycles. The van der Waals surface area contributed by atoms with Gasteiger partial charge in [-0.3, -0.25) is 18.3 Å². The van der Waals surface area contributed by atoms with Gasteiger partial charge in [0, 0.05) is 109 Å². The lowest BCUT2D eigenvalue weighted by Gasteiger charge is -2.09. The first-order valence-corrected chi connectivity index (χ1v) is 42.2. The molecule has 12 heterocycles. The van der Waals surface area contributed by atoms with Crippen molar-refractivity contribution < 1.29 is 0 Å². The molecule has 600 valence electrons. The molecule has 0 radical (unpaired) electrons. The van der Waals surface area contributed by atoms with Crippen LogP contribution in [0.25, 0.3) is 221 Å². The average Bonchev–Trinajstić information content (AvgIpc) is 1.55. The minimum atomic E-state index is 0.618. The van der Waals surface area contributed by atoms with Crippen molar-refractivity contribution in [3.63, 3.8) is 0 Å². The van der Waals surface area contributed by atoms with Crippen molar-refractivity contribution in [2.75, 3.05) is 0 Å². The van der Waals surface area contributed by atoms with Gasteiger partial charge in [0.1, 0.15) is 50.6 Å². The molecule has 0 saturated carbocycles. The molecule has 0 bridgehead atoms. The molecule has 28 rings (SSSR count). The van der Waals surface area contributed by atoms with Gasteiger partial charge < -0.3 is 18.3 Å². The van der Waals surface area contributed by atoms with Crippen LogP contribution in [0.3, 0.4) is 0 Å². The van der Waals surface area contributed by atoms with Gasteiger partial charge in [-0.2, -0.15) is 0 Å². The first kappa shape index (κ1) is 72.7. The van der Waals surface area contributed by atoms with E-state index in [1.807, 2.05) is 12.1 Å². The summed E-state index contributed by atoms with van der Waals surface area (Å²) in [6.07, 6.45) is 12.4. The van der Waals surface area contributed by atoms with Gasteiger partial charge in [0.05, 0.1) is 88.3 Å². The summed E-state index contributed by atoms with van der Waals surface area (Å²) >= 11 is 0. The van der Waals surface area contributed by atoms with E-state index in [0.29, 0.717) is 23.8 Å². The van der Waals surface area contributed by atoms with E-state index >= 15 is 0 Å². The third-order valence-electron chi connectivity index (χ3n) is 24.7. The van der Waals surface area contributed by atoms with E-state index in [0.717, 1.165) is 77.9 Å². The fourth-order valence-electron chi connectivity index (χ4n) is 19.6. The minimum absolute atomic E-state index is 0.618. The maximum atomic E-state index is 4.51. The molecule has 0 amide bonds. The van der Waals surface area contributed by atoms with Crippen LogP contribution in [0.4, 0.5) is 0 Å². The second-order valence-corrected chi connectivity index (χ2v) is 31.4. The molecule has 28 aromatic rings.